The number of nitrogens with zero attached hydrogens (tertiary/aromatic N) is 6. The Bertz CT molecular complexity index is 1140. The lowest BCUT2D eigenvalue weighted by Gasteiger charge is -2.37. The fraction of sp³-hybridized carbons (Fsp3) is 0.333. The highest BCUT2D eigenvalue weighted by molar-refractivity contribution is 5.98. The number of aromatic nitrogens is 2. The Morgan fingerprint density at radius 1 is 1.29 bits per heavy atom. The number of guanidine groups is 1. The van der Waals surface area contributed by atoms with Gasteiger partial charge >= 0.3 is 6.09 Å². The second-order valence-corrected chi connectivity index (χ2v) is 7.85. The zero-order valence-corrected chi connectivity index (χ0v) is 18.3. The number of carbonyl (C=O) groups excluding carboxylic acids is 1. The molecule has 4 rings (SSSR count). The lowest BCUT2D eigenvalue weighted by atomic mass is 10.0. The minimum Gasteiger partial charge on any atom is -0.465 e. The van der Waals surface area contributed by atoms with E-state index in [-0.39, 0.29) is 30.1 Å². The van der Waals surface area contributed by atoms with Crippen LogP contribution < -0.4 is 16.0 Å². The fourth-order valence-electron chi connectivity index (χ4n) is 3.37. The molecule has 1 aromatic carbocycles. The first-order chi connectivity index (χ1) is 16.3. The third-order valence-corrected chi connectivity index (χ3v) is 5.34. The Balaban J connectivity index is 1.33. The lowest BCUT2D eigenvalue weighted by Crippen LogP contribution is -2.54. The van der Waals surface area contributed by atoms with Crippen LogP contribution in [0.5, 0.6) is 0 Å². The molecule has 0 bridgehead atoms. The molecule has 3 heterocycles. The molecule has 1 aromatic heterocycles. The number of hydrogen-bond donors (Lipinski definition) is 3. The van der Waals surface area contributed by atoms with Crippen LogP contribution in [0.2, 0.25) is 0 Å². The molecule has 2 fully saturated rings. The van der Waals surface area contributed by atoms with Gasteiger partial charge in [0, 0.05) is 36.0 Å². The molecule has 0 atom stereocenters. The quantitative estimate of drug-likeness (QED) is 0.317. The first-order valence-corrected chi connectivity index (χ1v) is 10.4. The first-order valence-electron chi connectivity index (χ1n) is 10.4. The zero-order valence-electron chi connectivity index (χ0n) is 18.3. The zero-order chi connectivity index (χ0) is 24.2. The molecule has 0 unspecified atom stereocenters. The van der Waals surface area contributed by atoms with Crippen molar-refractivity contribution in [3.05, 3.63) is 42.0 Å². The maximum atomic E-state index is 14.9. The maximum absolute atomic E-state index is 14.9. The molecule has 0 saturated carbocycles. The smallest absolute Gasteiger partial charge is 0.411 e. The van der Waals surface area contributed by atoms with Crippen LogP contribution in [-0.4, -0.2) is 75.9 Å². The van der Waals surface area contributed by atoms with Crippen molar-refractivity contribution >= 4 is 29.6 Å². The van der Waals surface area contributed by atoms with E-state index in [2.05, 4.69) is 20.1 Å². The van der Waals surface area contributed by atoms with Gasteiger partial charge in [-0.3, -0.25) is 10.1 Å². The summed E-state index contributed by atoms with van der Waals surface area (Å²) in [7, 11) is 0. The highest BCUT2D eigenvalue weighted by Gasteiger charge is 2.31. The van der Waals surface area contributed by atoms with Gasteiger partial charge in [0.1, 0.15) is 5.82 Å². The van der Waals surface area contributed by atoms with Crippen LogP contribution in [0, 0.1) is 5.82 Å². The maximum Gasteiger partial charge on any atom is 0.411 e. The summed E-state index contributed by atoms with van der Waals surface area (Å²) < 4.78 is 14.9. The summed E-state index contributed by atoms with van der Waals surface area (Å²) in [5.74, 6) is -0.317. The number of amides is 2. The monoisotopic (exact) mass is 470 g/mol. The summed E-state index contributed by atoms with van der Waals surface area (Å²) >= 11 is 0. The number of halogens is 1. The van der Waals surface area contributed by atoms with Crippen molar-refractivity contribution in [3.63, 3.8) is 0 Å². The SMILES string of the molecule is CC(=O)N1CC(ON=C2CN(c3ncc(-c4cccc(CN=C(N)NC(=O)O)c4F)cn3)C2)C1. The number of anilines is 1. The molecule has 4 N–H and O–H groups in total. The van der Waals surface area contributed by atoms with Crippen LogP contribution in [0.15, 0.2) is 40.7 Å². The number of rotatable bonds is 6. The summed E-state index contributed by atoms with van der Waals surface area (Å²) in [5.41, 5.74) is 7.32. The van der Waals surface area contributed by atoms with E-state index in [1.165, 1.54) is 25.4 Å². The van der Waals surface area contributed by atoms with E-state index in [0.717, 1.165) is 5.71 Å². The summed E-state index contributed by atoms with van der Waals surface area (Å²) in [4.78, 5) is 43.2. The van der Waals surface area contributed by atoms with Crippen LogP contribution in [-0.2, 0) is 16.2 Å². The molecule has 0 spiro atoms. The van der Waals surface area contributed by atoms with Crippen molar-refractivity contribution in [1.82, 2.24) is 20.2 Å². The average Bonchev–Trinajstić information content (AvgIpc) is 2.72. The van der Waals surface area contributed by atoms with Crippen molar-refractivity contribution in [2.24, 2.45) is 15.9 Å². The van der Waals surface area contributed by atoms with E-state index < -0.39 is 11.9 Å². The summed E-state index contributed by atoms with van der Waals surface area (Å²) in [6.07, 6.45) is 1.65. The standard InChI is InChI=1S/C21H23FN8O4/c1-12(31)29-10-16(11-29)34-28-15-8-30(9-15)20-25-6-14(7-26-20)17-4-2-3-13(18(17)22)5-24-19(23)27-21(32)33/h2-4,6-7,16H,5,8-11H2,1H3,(H,32,33)(H3,23,24,27). The van der Waals surface area contributed by atoms with Crippen LogP contribution in [0.4, 0.5) is 15.1 Å². The molecule has 34 heavy (non-hydrogen) atoms. The van der Waals surface area contributed by atoms with Crippen molar-refractivity contribution in [2.45, 2.75) is 19.6 Å². The number of carbonyl (C=O) groups is 2. The van der Waals surface area contributed by atoms with Gasteiger partial charge in [0.25, 0.3) is 0 Å². The fourth-order valence-corrected chi connectivity index (χ4v) is 3.37. The number of benzene rings is 1. The molecule has 12 nitrogen and oxygen atoms in total. The summed E-state index contributed by atoms with van der Waals surface area (Å²) in [6.45, 7) is 3.55. The number of hydrogen-bond acceptors (Lipinski definition) is 8. The predicted octanol–water partition coefficient (Wildman–Crippen LogP) is 0.788. The molecule has 2 aliphatic rings. The third kappa shape index (κ3) is 5.19. The third-order valence-electron chi connectivity index (χ3n) is 5.34. The van der Waals surface area contributed by atoms with E-state index in [1.54, 1.807) is 17.0 Å². The molecule has 2 aliphatic heterocycles. The average molecular weight is 470 g/mol. The van der Waals surface area contributed by atoms with Gasteiger partial charge in [0.2, 0.25) is 11.9 Å². The first kappa shape index (κ1) is 22.9. The topological polar surface area (TPSA) is 159 Å². The minimum absolute atomic E-state index is 0.0285. The Hall–Kier alpha value is -4.29. The van der Waals surface area contributed by atoms with Crippen molar-refractivity contribution in [1.29, 1.82) is 0 Å². The van der Waals surface area contributed by atoms with Gasteiger partial charge in [-0.1, -0.05) is 23.4 Å². The van der Waals surface area contributed by atoms with Gasteiger partial charge in [-0.2, -0.15) is 0 Å². The number of nitrogens with one attached hydrogen (secondary N) is 1. The van der Waals surface area contributed by atoms with Crippen molar-refractivity contribution in [3.8, 4) is 11.1 Å². The van der Waals surface area contributed by atoms with E-state index in [9.17, 15) is 14.0 Å². The number of carboxylic acid groups (broad SMARTS) is 1. The van der Waals surface area contributed by atoms with E-state index in [4.69, 9.17) is 15.7 Å². The number of likely N-dealkylation sites (tertiary alicyclic amines) is 1. The van der Waals surface area contributed by atoms with Crippen LogP contribution >= 0.6 is 0 Å². The van der Waals surface area contributed by atoms with Crippen LogP contribution in [0.25, 0.3) is 11.1 Å². The number of aliphatic imine (C=N–C) groups is 1. The van der Waals surface area contributed by atoms with E-state index in [1.807, 2.05) is 10.2 Å². The summed E-state index contributed by atoms with van der Waals surface area (Å²) in [6, 6.07) is 4.79. The molecule has 2 saturated heterocycles. The molecule has 0 radical (unpaired) electrons. The molecular weight excluding hydrogens is 447 g/mol. The van der Waals surface area contributed by atoms with Gasteiger partial charge in [0.05, 0.1) is 38.4 Å². The normalized spacial score (nSPS) is 15.9. The van der Waals surface area contributed by atoms with Crippen molar-refractivity contribution in [2.75, 3.05) is 31.1 Å². The Labute approximate surface area is 193 Å². The Morgan fingerprint density at radius 2 is 2.00 bits per heavy atom. The van der Waals surface area contributed by atoms with Crippen LogP contribution in [0.1, 0.15) is 12.5 Å². The van der Waals surface area contributed by atoms with Crippen LogP contribution in [0.3, 0.4) is 0 Å². The number of nitrogens with two attached hydrogens (primary N) is 1. The highest BCUT2D eigenvalue weighted by atomic mass is 19.1. The largest absolute Gasteiger partial charge is 0.465 e. The van der Waals surface area contributed by atoms with Gasteiger partial charge in [-0.05, 0) is 0 Å². The molecule has 2 amide bonds. The molecule has 178 valence electrons. The number of oxime groups is 1. The second-order valence-electron chi connectivity index (χ2n) is 7.85. The second kappa shape index (κ2) is 9.68. The summed E-state index contributed by atoms with van der Waals surface area (Å²) in [5, 5.41) is 14.7. The van der Waals surface area contributed by atoms with Crippen molar-refractivity contribution < 1.29 is 23.9 Å². The molecule has 0 aliphatic carbocycles. The molecular formula is C21H23FN8O4. The lowest BCUT2D eigenvalue weighted by molar-refractivity contribution is -0.142. The molecule has 2 aromatic rings. The Morgan fingerprint density at radius 3 is 2.65 bits per heavy atom. The Kier molecular flexibility index (Phi) is 6.52. The predicted molar refractivity (Wildman–Crippen MR) is 121 cm³/mol. The van der Waals surface area contributed by atoms with E-state index >= 15 is 0 Å². The molecule has 13 heteroatoms. The van der Waals surface area contributed by atoms with Gasteiger partial charge < -0.3 is 25.5 Å². The van der Waals surface area contributed by atoms with Gasteiger partial charge in [-0.25, -0.2) is 24.1 Å². The van der Waals surface area contributed by atoms with Gasteiger partial charge in [-0.15, -0.1) is 0 Å². The minimum atomic E-state index is -1.35. The van der Waals surface area contributed by atoms with Gasteiger partial charge in [0.15, 0.2) is 12.1 Å². The highest BCUT2D eigenvalue weighted by Crippen LogP contribution is 2.26. The van der Waals surface area contributed by atoms with E-state index in [0.29, 0.717) is 43.3 Å².